The molecule has 0 bridgehead atoms. The Morgan fingerprint density at radius 3 is 2.58 bits per heavy atom. The van der Waals surface area contributed by atoms with Gasteiger partial charge in [0.1, 0.15) is 0 Å². The fourth-order valence-electron chi connectivity index (χ4n) is 3.10. The van der Waals surface area contributed by atoms with Crippen LogP contribution in [0.4, 0.5) is 4.79 Å². The van der Waals surface area contributed by atoms with Crippen LogP contribution in [0.15, 0.2) is 23.1 Å². The second kappa shape index (κ2) is 5.89. The number of carbonyl (C=O) groups excluding carboxylic acids is 1. The van der Waals surface area contributed by atoms with E-state index in [-0.39, 0.29) is 22.2 Å². The summed E-state index contributed by atoms with van der Waals surface area (Å²) in [4.78, 5) is 13.9. The Hall–Kier alpha value is -1.32. The van der Waals surface area contributed by atoms with E-state index in [0.29, 0.717) is 17.0 Å². The van der Waals surface area contributed by atoms with Gasteiger partial charge in [-0.2, -0.15) is 0 Å². The molecular weight excluding hydrogens is 376 g/mol. The van der Waals surface area contributed by atoms with Gasteiger partial charge in [-0.1, -0.05) is 11.6 Å². The minimum Gasteiger partial charge on any atom is -0.334 e. The van der Waals surface area contributed by atoms with Crippen molar-refractivity contribution in [1.29, 1.82) is 0 Å². The fraction of sp³-hybridized carbons (Fsp3) is 0.500. The highest BCUT2D eigenvalue weighted by molar-refractivity contribution is 7.92. The highest BCUT2D eigenvalue weighted by Gasteiger charge is 2.39. The number of halogens is 1. The normalized spacial score (nSPS) is 26.8. The maximum absolute atomic E-state index is 12.4. The fourth-order valence-corrected chi connectivity index (χ4v) is 6.78. The van der Waals surface area contributed by atoms with Crippen molar-refractivity contribution in [3.63, 3.8) is 0 Å². The van der Waals surface area contributed by atoms with Gasteiger partial charge >= 0.3 is 6.03 Å². The van der Waals surface area contributed by atoms with E-state index in [1.54, 1.807) is 6.07 Å². The molecule has 0 spiro atoms. The predicted molar refractivity (Wildman–Crippen MR) is 89.6 cm³/mol. The number of amides is 2. The van der Waals surface area contributed by atoms with Crippen molar-refractivity contribution in [3.05, 3.63) is 28.8 Å². The topological polar surface area (TPSA) is 101 Å². The van der Waals surface area contributed by atoms with Crippen molar-refractivity contribution >= 4 is 37.3 Å². The summed E-state index contributed by atoms with van der Waals surface area (Å²) >= 11 is 5.95. The standard InChI is InChI=1S/C14H17ClN2O5S2/c1-17(14(18)16-10-4-5-23(19,20)7-10)12-8-24(21,22)13-3-2-9(15)6-11(12)13/h2-3,6,10,12H,4-5,7-8H2,1H3,(H,16,18)/t10-,12-/m0/s1. The summed E-state index contributed by atoms with van der Waals surface area (Å²) in [5.74, 6) is -0.245. The van der Waals surface area contributed by atoms with E-state index >= 15 is 0 Å². The van der Waals surface area contributed by atoms with E-state index < -0.39 is 37.8 Å². The molecular formula is C14H17ClN2O5S2. The molecule has 1 aromatic rings. The van der Waals surface area contributed by atoms with Crippen LogP contribution in [0.5, 0.6) is 0 Å². The van der Waals surface area contributed by atoms with Gasteiger partial charge in [0, 0.05) is 18.1 Å². The van der Waals surface area contributed by atoms with Gasteiger partial charge in [-0.25, -0.2) is 21.6 Å². The number of hydrogen-bond donors (Lipinski definition) is 1. The quantitative estimate of drug-likeness (QED) is 0.809. The summed E-state index contributed by atoms with van der Waals surface area (Å²) in [5, 5.41) is 3.06. The number of sulfone groups is 2. The molecule has 0 aromatic heterocycles. The molecule has 10 heteroatoms. The van der Waals surface area contributed by atoms with E-state index in [4.69, 9.17) is 11.6 Å². The SMILES string of the molecule is CN(C(=O)N[C@H]1CCS(=O)(=O)C1)[C@H]1CS(=O)(=O)c2ccc(Cl)cc21. The van der Waals surface area contributed by atoms with Crippen LogP contribution in [0.1, 0.15) is 18.0 Å². The molecule has 1 aromatic carbocycles. The molecule has 7 nitrogen and oxygen atoms in total. The van der Waals surface area contributed by atoms with E-state index in [0.717, 1.165) is 0 Å². The predicted octanol–water partition coefficient (Wildman–Crippen LogP) is 0.997. The molecule has 132 valence electrons. The van der Waals surface area contributed by atoms with Crippen LogP contribution < -0.4 is 5.32 Å². The van der Waals surface area contributed by atoms with Crippen LogP contribution in [-0.2, 0) is 19.7 Å². The van der Waals surface area contributed by atoms with Crippen LogP contribution in [0.2, 0.25) is 5.02 Å². The number of hydrogen-bond acceptors (Lipinski definition) is 5. The lowest BCUT2D eigenvalue weighted by Crippen LogP contribution is -2.45. The second-order valence-electron chi connectivity index (χ2n) is 6.14. The second-order valence-corrected chi connectivity index (χ2v) is 10.8. The summed E-state index contributed by atoms with van der Waals surface area (Å²) in [6.45, 7) is 0. The molecule has 2 aliphatic rings. The van der Waals surface area contributed by atoms with Crippen molar-refractivity contribution < 1.29 is 21.6 Å². The van der Waals surface area contributed by atoms with Gasteiger partial charge in [-0.3, -0.25) is 0 Å². The smallest absolute Gasteiger partial charge is 0.317 e. The Morgan fingerprint density at radius 1 is 1.25 bits per heavy atom. The molecule has 0 radical (unpaired) electrons. The summed E-state index contributed by atoms with van der Waals surface area (Å²) in [6, 6.07) is 2.91. The third kappa shape index (κ3) is 3.25. The van der Waals surface area contributed by atoms with Crippen molar-refractivity contribution in [3.8, 4) is 0 Å². The van der Waals surface area contributed by atoms with Gasteiger partial charge in [0.15, 0.2) is 19.7 Å². The Kier molecular flexibility index (Phi) is 4.29. The van der Waals surface area contributed by atoms with E-state index in [9.17, 15) is 21.6 Å². The minimum absolute atomic E-state index is 0.0535. The lowest BCUT2D eigenvalue weighted by atomic mass is 10.1. The average Bonchev–Trinajstić information content (AvgIpc) is 2.94. The van der Waals surface area contributed by atoms with E-state index in [1.807, 2.05) is 0 Å². The van der Waals surface area contributed by atoms with Gasteiger partial charge in [0.2, 0.25) is 0 Å². The molecule has 0 aliphatic carbocycles. The number of urea groups is 1. The van der Waals surface area contributed by atoms with Crippen LogP contribution in [0, 0.1) is 0 Å². The number of nitrogens with zero attached hydrogens (tertiary/aromatic N) is 1. The number of carbonyl (C=O) groups is 1. The third-order valence-corrected chi connectivity index (χ3v) is 8.19. The molecule has 2 aliphatic heterocycles. The van der Waals surface area contributed by atoms with Crippen LogP contribution in [0.3, 0.4) is 0 Å². The van der Waals surface area contributed by atoms with E-state index in [1.165, 1.54) is 24.1 Å². The first-order valence-corrected chi connectivity index (χ1v) is 11.2. The zero-order valence-corrected chi connectivity index (χ0v) is 15.3. The molecule has 2 heterocycles. The number of nitrogens with one attached hydrogen (secondary N) is 1. The maximum Gasteiger partial charge on any atom is 0.317 e. The maximum atomic E-state index is 12.4. The number of fused-ring (bicyclic) bond motifs is 1. The monoisotopic (exact) mass is 392 g/mol. The zero-order chi connectivity index (χ0) is 17.7. The van der Waals surface area contributed by atoms with Crippen molar-refractivity contribution in [1.82, 2.24) is 10.2 Å². The largest absolute Gasteiger partial charge is 0.334 e. The number of benzene rings is 1. The van der Waals surface area contributed by atoms with Crippen molar-refractivity contribution in [2.24, 2.45) is 0 Å². The van der Waals surface area contributed by atoms with Crippen LogP contribution in [-0.4, -0.2) is 58.1 Å². The molecule has 1 saturated heterocycles. The third-order valence-electron chi connectivity index (χ3n) is 4.39. The van der Waals surface area contributed by atoms with E-state index in [2.05, 4.69) is 5.32 Å². The molecule has 1 N–H and O–H groups in total. The zero-order valence-electron chi connectivity index (χ0n) is 12.9. The van der Waals surface area contributed by atoms with Gasteiger partial charge in [-0.15, -0.1) is 0 Å². The van der Waals surface area contributed by atoms with Crippen molar-refractivity contribution in [2.45, 2.75) is 23.4 Å². The average molecular weight is 393 g/mol. The molecule has 24 heavy (non-hydrogen) atoms. The first-order chi connectivity index (χ1) is 11.1. The Morgan fingerprint density at radius 2 is 1.96 bits per heavy atom. The lowest BCUT2D eigenvalue weighted by molar-refractivity contribution is 0.192. The highest BCUT2D eigenvalue weighted by Crippen LogP contribution is 2.38. The van der Waals surface area contributed by atoms with Gasteiger partial charge in [0.25, 0.3) is 0 Å². The van der Waals surface area contributed by atoms with Crippen LogP contribution >= 0.6 is 11.6 Å². The Labute approximate surface area is 145 Å². The summed E-state index contributed by atoms with van der Waals surface area (Å²) in [7, 11) is -5.08. The van der Waals surface area contributed by atoms with Gasteiger partial charge < -0.3 is 10.2 Å². The number of rotatable bonds is 2. The summed E-state index contributed by atoms with van der Waals surface area (Å²) in [5.41, 5.74) is 0.485. The minimum atomic E-state index is -3.47. The van der Waals surface area contributed by atoms with Gasteiger partial charge in [-0.05, 0) is 30.2 Å². The molecule has 2 atom stereocenters. The molecule has 0 unspecified atom stereocenters. The molecule has 1 fully saturated rings. The van der Waals surface area contributed by atoms with Gasteiger partial charge in [0.05, 0.1) is 28.2 Å². The summed E-state index contributed by atoms with van der Waals surface area (Å²) in [6.07, 6.45) is 0.368. The Balaban J connectivity index is 1.80. The highest BCUT2D eigenvalue weighted by atomic mass is 35.5. The van der Waals surface area contributed by atoms with Crippen molar-refractivity contribution in [2.75, 3.05) is 24.3 Å². The molecule has 2 amide bonds. The van der Waals surface area contributed by atoms with Crippen LogP contribution in [0.25, 0.3) is 0 Å². The Bertz CT molecular complexity index is 898. The summed E-state index contributed by atoms with van der Waals surface area (Å²) < 4.78 is 47.5. The molecule has 0 saturated carbocycles. The lowest BCUT2D eigenvalue weighted by Gasteiger charge is -2.26. The first kappa shape index (κ1) is 17.5. The first-order valence-electron chi connectivity index (χ1n) is 7.35. The molecule has 3 rings (SSSR count).